The van der Waals surface area contributed by atoms with Gasteiger partial charge in [-0.15, -0.1) is 0 Å². The van der Waals surface area contributed by atoms with Crippen LogP contribution in [0.1, 0.15) is 26.6 Å². The Bertz CT molecular complexity index is 546. The fourth-order valence-electron chi connectivity index (χ4n) is 1.40. The first-order valence-corrected chi connectivity index (χ1v) is 6.18. The highest BCUT2D eigenvalue weighted by molar-refractivity contribution is 9.10. The number of nitrogens with zero attached hydrogens (tertiary/aromatic N) is 2. The molecule has 0 atom stereocenters. The second kappa shape index (κ2) is 3.97. The smallest absolute Gasteiger partial charge is 0.140 e. The average Bonchev–Trinajstić information content (AvgIpc) is 2.15. The van der Waals surface area contributed by atoms with Crippen molar-refractivity contribution in [2.45, 2.75) is 26.2 Å². The van der Waals surface area contributed by atoms with Gasteiger partial charge in [0.2, 0.25) is 0 Å². The van der Waals surface area contributed by atoms with Crippen LogP contribution in [0.25, 0.3) is 10.9 Å². The third-order valence-electron chi connectivity index (χ3n) is 2.28. The molecule has 2 nitrogen and oxygen atoms in total. The summed E-state index contributed by atoms with van der Waals surface area (Å²) >= 11 is 9.58. The van der Waals surface area contributed by atoms with Crippen molar-refractivity contribution in [3.8, 4) is 0 Å². The monoisotopic (exact) mass is 298 g/mol. The molecule has 0 aliphatic heterocycles. The highest BCUT2D eigenvalue weighted by atomic mass is 79.9. The van der Waals surface area contributed by atoms with E-state index >= 15 is 0 Å². The van der Waals surface area contributed by atoms with Crippen LogP contribution in [0.15, 0.2) is 22.7 Å². The summed E-state index contributed by atoms with van der Waals surface area (Å²) in [5.74, 6) is 0.767. The number of benzene rings is 1. The van der Waals surface area contributed by atoms with Gasteiger partial charge >= 0.3 is 0 Å². The van der Waals surface area contributed by atoms with E-state index in [0.29, 0.717) is 5.15 Å². The summed E-state index contributed by atoms with van der Waals surface area (Å²) in [7, 11) is 0. The Kier molecular flexibility index (Phi) is 2.93. The lowest BCUT2D eigenvalue weighted by Crippen LogP contribution is -2.16. The first-order valence-electron chi connectivity index (χ1n) is 5.01. The zero-order chi connectivity index (χ0) is 11.9. The molecule has 1 aromatic heterocycles. The van der Waals surface area contributed by atoms with E-state index in [-0.39, 0.29) is 5.41 Å². The largest absolute Gasteiger partial charge is 0.232 e. The van der Waals surface area contributed by atoms with Crippen LogP contribution < -0.4 is 0 Å². The van der Waals surface area contributed by atoms with Crippen molar-refractivity contribution in [2.75, 3.05) is 0 Å². The highest BCUT2D eigenvalue weighted by Gasteiger charge is 2.19. The van der Waals surface area contributed by atoms with Crippen LogP contribution in [0, 0.1) is 0 Å². The van der Waals surface area contributed by atoms with E-state index in [1.54, 1.807) is 0 Å². The summed E-state index contributed by atoms with van der Waals surface area (Å²) in [6, 6.07) is 5.82. The predicted octanol–water partition coefficient (Wildman–Crippen LogP) is 4.34. The molecule has 4 heteroatoms. The van der Waals surface area contributed by atoms with Gasteiger partial charge in [-0.05, 0) is 18.2 Å². The highest BCUT2D eigenvalue weighted by Crippen LogP contribution is 2.27. The van der Waals surface area contributed by atoms with E-state index in [2.05, 4.69) is 46.7 Å². The van der Waals surface area contributed by atoms with Crippen molar-refractivity contribution in [3.63, 3.8) is 0 Å². The van der Waals surface area contributed by atoms with Gasteiger partial charge < -0.3 is 0 Å². The zero-order valence-corrected chi connectivity index (χ0v) is 11.7. The van der Waals surface area contributed by atoms with Gasteiger partial charge in [-0.2, -0.15) is 0 Å². The molecule has 0 saturated heterocycles. The Morgan fingerprint density at radius 1 is 1.19 bits per heavy atom. The van der Waals surface area contributed by atoms with Gasteiger partial charge in [0.1, 0.15) is 11.0 Å². The summed E-state index contributed by atoms with van der Waals surface area (Å²) < 4.78 is 0.995. The summed E-state index contributed by atoms with van der Waals surface area (Å²) in [4.78, 5) is 8.88. The molecule has 16 heavy (non-hydrogen) atoms. The normalized spacial score (nSPS) is 12.1. The molecule has 0 radical (unpaired) electrons. The lowest BCUT2D eigenvalue weighted by Gasteiger charge is -2.17. The Hall–Kier alpha value is -0.670. The van der Waals surface area contributed by atoms with Crippen molar-refractivity contribution >= 4 is 38.4 Å². The Labute approximate surface area is 108 Å². The quantitative estimate of drug-likeness (QED) is 0.676. The van der Waals surface area contributed by atoms with Crippen LogP contribution >= 0.6 is 27.5 Å². The summed E-state index contributed by atoms with van der Waals surface area (Å²) in [6.07, 6.45) is 0. The number of halogens is 2. The minimum absolute atomic E-state index is 0.0971. The Balaban J connectivity index is 2.75. The molecule has 0 fully saturated rings. The standard InChI is InChI=1S/C12H12BrClN2/c1-12(2,3)11-15-9-6-7(13)4-5-8(9)10(14)16-11/h4-6H,1-3H3. The molecule has 1 heterocycles. The van der Waals surface area contributed by atoms with Gasteiger partial charge in [-0.1, -0.05) is 48.3 Å². The maximum absolute atomic E-state index is 6.15. The summed E-state index contributed by atoms with van der Waals surface area (Å²) in [5.41, 5.74) is 0.777. The second-order valence-corrected chi connectivity index (χ2v) is 6.02. The van der Waals surface area contributed by atoms with Crippen LogP contribution in [0.4, 0.5) is 0 Å². The maximum Gasteiger partial charge on any atom is 0.140 e. The van der Waals surface area contributed by atoms with E-state index in [9.17, 15) is 0 Å². The molecule has 84 valence electrons. The van der Waals surface area contributed by atoms with Crippen molar-refractivity contribution in [1.82, 2.24) is 9.97 Å². The first kappa shape index (κ1) is 11.8. The molecule has 1 aromatic carbocycles. The molecular weight excluding hydrogens is 288 g/mol. The third-order valence-corrected chi connectivity index (χ3v) is 3.06. The SMILES string of the molecule is CC(C)(C)c1nc(Cl)c2ccc(Br)cc2n1. The van der Waals surface area contributed by atoms with E-state index in [1.165, 1.54) is 0 Å². The topological polar surface area (TPSA) is 25.8 Å². The number of fused-ring (bicyclic) bond motifs is 1. The van der Waals surface area contributed by atoms with E-state index in [1.807, 2.05) is 18.2 Å². The minimum atomic E-state index is -0.0971. The van der Waals surface area contributed by atoms with Gasteiger partial charge in [0.25, 0.3) is 0 Å². The van der Waals surface area contributed by atoms with Gasteiger partial charge in [-0.3, -0.25) is 0 Å². The van der Waals surface area contributed by atoms with Gasteiger partial charge in [-0.25, -0.2) is 9.97 Å². The van der Waals surface area contributed by atoms with Gasteiger partial charge in [0, 0.05) is 15.3 Å². The third kappa shape index (κ3) is 2.20. The molecule has 0 N–H and O–H groups in total. The van der Waals surface area contributed by atoms with Gasteiger partial charge in [0.05, 0.1) is 5.52 Å². The van der Waals surface area contributed by atoms with Crippen LogP contribution in [0.5, 0.6) is 0 Å². The number of rotatable bonds is 0. The molecule has 2 aromatic rings. The first-order chi connectivity index (χ1) is 7.38. The molecule has 0 bridgehead atoms. The van der Waals surface area contributed by atoms with Crippen LogP contribution in [0.3, 0.4) is 0 Å². The Morgan fingerprint density at radius 2 is 1.88 bits per heavy atom. The molecule has 0 unspecified atom stereocenters. The molecule has 0 amide bonds. The fourth-order valence-corrected chi connectivity index (χ4v) is 1.99. The van der Waals surface area contributed by atoms with Crippen molar-refractivity contribution in [1.29, 1.82) is 0 Å². The van der Waals surface area contributed by atoms with Gasteiger partial charge in [0.15, 0.2) is 0 Å². The molecular formula is C12H12BrClN2. The average molecular weight is 300 g/mol. The number of hydrogen-bond donors (Lipinski definition) is 0. The van der Waals surface area contributed by atoms with Crippen LogP contribution in [-0.4, -0.2) is 9.97 Å². The molecule has 0 spiro atoms. The van der Waals surface area contributed by atoms with Crippen molar-refractivity contribution in [3.05, 3.63) is 33.6 Å². The van der Waals surface area contributed by atoms with E-state index in [4.69, 9.17) is 11.6 Å². The fraction of sp³-hybridized carbons (Fsp3) is 0.333. The number of aromatic nitrogens is 2. The van der Waals surface area contributed by atoms with Crippen LogP contribution in [0.2, 0.25) is 5.15 Å². The molecule has 0 aliphatic rings. The Morgan fingerprint density at radius 3 is 2.50 bits per heavy atom. The molecule has 2 rings (SSSR count). The van der Waals surface area contributed by atoms with E-state index in [0.717, 1.165) is 21.2 Å². The van der Waals surface area contributed by atoms with Crippen LogP contribution in [-0.2, 0) is 5.41 Å². The minimum Gasteiger partial charge on any atom is -0.232 e. The summed E-state index contributed by atoms with van der Waals surface area (Å²) in [6.45, 7) is 6.22. The predicted molar refractivity (Wildman–Crippen MR) is 70.9 cm³/mol. The lowest BCUT2D eigenvalue weighted by molar-refractivity contribution is 0.548. The molecule has 0 saturated carbocycles. The molecule has 0 aliphatic carbocycles. The number of hydrogen-bond acceptors (Lipinski definition) is 2. The van der Waals surface area contributed by atoms with E-state index < -0.39 is 0 Å². The lowest BCUT2D eigenvalue weighted by atomic mass is 9.95. The van der Waals surface area contributed by atoms with Crippen molar-refractivity contribution in [2.24, 2.45) is 0 Å². The summed E-state index contributed by atoms with van der Waals surface area (Å²) in [5, 5.41) is 1.40. The second-order valence-electron chi connectivity index (χ2n) is 4.75. The van der Waals surface area contributed by atoms with Crippen molar-refractivity contribution < 1.29 is 0 Å². The zero-order valence-electron chi connectivity index (χ0n) is 9.38. The maximum atomic E-state index is 6.15.